The summed E-state index contributed by atoms with van der Waals surface area (Å²) >= 11 is 0. The number of hydrogen-bond donors (Lipinski definition) is 0. The quantitative estimate of drug-likeness (QED) is 0.663. The van der Waals surface area contributed by atoms with E-state index in [9.17, 15) is 10.1 Å². The Morgan fingerprint density at radius 1 is 1.28 bits per heavy atom. The van der Waals surface area contributed by atoms with Gasteiger partial charge in [0.1, 0.15) is 5.92 Å². The van der Waals surface area contributed by atoms with Gasteiger partial charge in [0.05, 0.1) is 23.7 Å². The van der Waals surface area contributed by atoms with Crippen molar-refractivity contribution in [2.75, 3.05) is 0 Å². The van der Waals surface area contributed by atoms with E-state index in [0.29, 0.717) is 6.42 Å². The molecule has 18 heavy (non-hydrogen) atoms. The maximum Gasteiger partial charge on any atom is 0.158 e. The highest BCUT2D eigenvalue weighted by Crippen LogP contribution is 2.51. The van der Waals surface area contributed by atoms with Gasteiger partial charge in [-0.15, -0.1) is 0 Å². The number of carbonyl (C=O) groups is 1. The summed E-state index contributed by atoms with van der Waals surface area (Å²) in [4.78, 5) is 12.5. The van der Waals surface area contributed by atoms with Crippen LogP contribution in [0.1, 0.15) is 53.4 Å². The van der Waals surface area contributed by atoms with Crippen LogP contribution in [0.15, 0.2) is 0 Å². The zero-order valence-electron chi connectivity index (χ0n) is 11.8. The van der Waals surface area contributed by atoms with Gasteiger partial charge in [-0.2, -0.15) is 5.26 Å². The van der Waals surface area contributed by atoms with E-state index in [4.69, 9.17) is 4.74 Å². The molecule has 0 bridgehead atoms. The lowest BCUT2D eigenvalue weighted by Crippen LogP contribution is -2.52. The predicted molar refractivity (Wildman–Crippen MR) is 68.8 cm³/mol. The molecular formula is C15H23NO2. The number of hydrogen-bond acceptors (Lipinski definition) is 3. The molecule has 1 saturated heterocycles. The van der Waals surface area contributed by atoms with Crippen molar-refractivity contribution in [3.8, 4) is 6.07 Å². The first-order valence-corrected chi connectivity index (χ1v) is 6.90. The molecule has 1 saturated carbocycles. The Hall–Kier alpha value is -0.880. The summed E-state index contributed by atoms with van der Waals surface area (Å²) in [5.74, 6) is -0.394. The Kier molecular flexibility index (Phi) is 3.27. The minimum Gasteiger partial charge on any atom is -0.374 e. The van der Waals surface area contributed by atoms with Crippen molar-refractivity contribution in [3.63, 3.8) is 0 Å². The predicted octanol–water partition coefficient (Wildman–Crippen LogP) is 3.09. The summed E-state index contributed by atoms with van der Waals surface area (Å²) in [7, 11) is 0. The van der Waals surface area contributed by atoms with Crippen LogP contribution in [0.4, 0.5) is 0 Å². The molecule has 1 unspecified atom stereocenters. The second-order valence-corrected chi connectivity index (χ2v) is 6.83. The number of rotatable bonds is 0. The second-order valence-electron chi connectivity index (χ2n) is 6.83. The summed E-state index contributed by atoms with van der Waals surface area (Å²) in [6.07, 6.45) is 3.90. The number of ketones is 1. The second kappa shape index (κ2) is 4.35. The topological polar surface area (TPSA) is 50.1 Å². The third-order valence-corrected chi connectivity index (χ3v) is 4.89. The average Bonchev–Trinajstić information content (AvgIpc) is 2.38. The number of Topliss-reactive ketones (excluding diaryl/α,β-unsaturated/α-hetero) is 1. The fourth-order valence-electron chi connectivity index (χ4n) is 3.73. The minimum atomic E-state index is -0.555. The molecule has 1 heterocycles. The van der Waals surface area contributed by atoms with Crippen molar-refractivity contribution < 1.29 is 9.53 Å². The molecule has 100 valence electrons. The molecule has 4 atom stereocenters. The maximum atomic E-state index is 12.5. The smallest absolute Gasteiger partial charge is 0.158 e. The van der Waals surface area contributed by atoms with Gasteiger partial charge >= 0.3 is 0 Å². The normalized spacial score (nSPS) is 43.7. The summed E-state index contributed by atoms with van der Waals surface area (Å²) < 4.78 is 6.12. The van der Waals surface area contributed by atoms with Gasteiger partial charge in [0, 0.05) is 0 Å². The van der Waals surface area contributed by atoms with Crippen LogP contribution in [0.5, 0.6) is 0 Å². The van der Waals surface area contributed by atoms with Gasteiger partial charge < -0.3 is 4.74 Å². The molecule has 0 spiro atoms. The van der Waals surface area contributed by atoms with Crippen LogP contribution in [0, 0.1) is 28.1 Å². The summed E-state index contributed by atoms with van der Waals surface area (Å²) in [5, 5.41) is 9.18. The first kappa shape index (κ1) is 13.5. The fourth-order valence-corrected chi connectivity index (χ4v) is 3.73. The highest BCUT2D eigenvalue weighted by atomic mass is 16.5. The Bertz CT molecular complexity index is 396. The maximum absolute atomic E-state index is 12.5. The first-order chi connectivity index (χ1) is 8.31. The van der Waals surface area contributed by atoms with E-state index >= 15 is 0 Å². The molecule has 0 N–H and O–H groups in total. The highest BCUT2D eigenvalue weighted by molar-refractivity contribution is 5.89. The van der Waals surface area contributed by atoms with Crippen LogP contribution in [0.2, 0.25) is 0 Å². The lowest BCUT2D eigenvalue weighted by molar-refractivity contribution is -0.172. The van der Waals surface area contributed by atoms with Crippen molar-refractivity contribution in [1.29, 1.82) is 5.26 Å². The standard InChI is InChI=1S/C15H23NO2/c1-10-5-7-15(4)8-6-11(9-16)12(17)14(2,3)13(15)18-10/h10-11,13H,5-8H2,1-4H3/t10-,11?,13+,15+/m1/s1. The van der Waals surface area contributed by atoms with Crippen molar-refractivity contribution >= 4 is 5.78 Å². The lowest BCUT2D eigenvalue weighted by atomic mass is 9.65. The van der Waals surface area contributed by atoms with Crippen molar-refractivity contribution in [3.05, 3.63) is 0 Å². The molecule has 2 rings (SSSR count). The fraction of sp³-hybridized carbons (Fsp3) is 0.867. The minimum absolute atomic E-state index is 0.0390. The summed E-state index contributed by atoms with van der Waals surface area (Å²) in [6, 6.07) is 2.18. The van der Waals surface area contributed by atoms with Crippen LogP contribution in [-0.2, 0) is 9.53 Å². The van der Waals surface area contributed by atoms with E-state index in [1.165, 1.54) is 0 Å². The summed E-state index contributed by atoms with van der Waals surface area (Å²) in [6.45, 7) is 8.20. The third kappa shape index (κ3) is 1.97. The number of fused-ring (bicyclic) bond motifs is 1. The third-order valence-electron chi connectivity index (χ3n) is 4.89. The van der Waals surface area contributed by atoms with Gasteiger partial charge in [-0.1, -0.05) is 20.8 Å². The van der Waals surface area contributed by atoms with E-state index in [-0.39, 0.29) is 23.4 Å². The van der Waals surface area contributed by atoms with Gasteiger partial charge in [-0.05, 0) is 38.0 Å². The summed E-state index contributed by atoms with van der Waals surface area (Å²) in [5.41, 5.74) is -0.516. The van der Waals surface area contributed by atoms with Crippen LogP contribution >= 0.6 is 0 Å². The van der Waals surface area contributed by atoms with Crippen molar-refractivity contribution in [2.24, 2.45) is 16.7 Å². The van der Waals surface area contributed by atoms with Gasteiger partial charge in [-0.25, -0.2) is 0 Å². The van der Waals surface area contributed by atoms with Crippen LogP contribution < -0.4 is 0 Å². The Morgan fingerprint density at radius 2 is 1.89 bits per heavy atom. The van der Waals surface area contributed by atoms with Gasteiger partial charge in [0.15, 0.2) is 5.78 Å². The van der Waals surface area contributed by atoms with Crippen molar-refractivity contribution in [2.45, 2.75) is 65.6 Å². The zero-order chi connectivity index (χ0) is 13.6. The Labute approximate surface area is 110 Å². The molecule has 3 nitrogen and oxygen atoms in total. The van der Waals surface area contributed by atoms with Gasteiger partial charge in [0.2, 0.25) is 0 Å². The number of carbonyl (C=O) groups excluding carboxylic acids is 1. The van der Waals surface area contributed by atoms with E-state index in [0.717, 1.165) is 19.3 Å². The molecule has 3 heteroatoms. The van der Waals surface area contributed by atoms with E-state index in [2.05, 4.69) is 19.9 Å². The lowest BCUT2D eigenvalue weighted by Gasteiger charge is -2.48. The molecule has 0 amide bonds. The monoisotopic (exact) mass is 249 g/mol. The number of nitriles is 1. The first-order valence-electron chi connectivity index (χ1n) is 6.90. The number of ether oxygens (including phenoxy) is 1. The van der Waals surface area contributed by atoms with Crippen LogP contribution in [0.25, 0.3) is 0 Å². The van der Waals surface area contributed by atoms with Crippen LogP contribution in [-0.4, -0.2) is 18.0 Å². The van der Waals surface area contributed by atoms with E-state index < -0.39 is 11.3 Å². The molecule has 0 aromatic carbocycles. The van der Waals surface area contributed by atoms with Crippen LogP contribution in [0.3, 0.4) is 0 Å². The molecular weight excluding hydrogens is 226 g/mol. The molecule has 0 aromatic rings. The Balaban J connectivity index is 2.40. The Morgan fingerprint density at radius 3 is 2.50 bits per heavy atom. The van der Waals surface area contributed by atoms with Gasteiger partial charge in [0.25, 0.3) is 0 Å². The number of nitrogens with zero attached hydrogens (tertiary/aromatic N) is 1. The molecule has 1 aliphatic heterocycles. The molecule has 0 radical (unpaired) electrons. The zero-order valence-corrected chi connectivity index (χ0v) is 11.8. The molecule has 2 aliphatic rings. The molecule has 2 fully saturated rings. The van der Waals surface area contributed by atoms with Gasteiger partial charge in [-0.3, -0.25) is 4.79 Å². The SMILES string of the molecule is C[C@@H]1CC[C@@]2(C)CCC(C#N)C(=O)C(C)(C)[C@@H]2O1. The average molecular weight is 249 g/mol. The van der Waals surface area contributed by atoms with E-state index in [1.807, 2.05) is 13.8 Å². The molecule has 1 aliphatic carbocycles. The highest BCUT2D eigenvalue weighted by Gasteiger charge is 2.54. The van der Waals surface area contributed by atoms with Crippen molar-refractivity contribution in [1.82, 2.24) is 0 Å². The van der Waals surface area contributed by atoms with E-state index in [1.54, 1.807) is 0 Å². The largest absolute Gasteiger partial charge is 0.374 e. The molecule has 0 aromatic heterocycles.